The number of benzene rings is 2. The predicted molar refractivity (Wildman–Crippen MR) is 108 cm³/mol. The predicted octanol–water partition coefficient (Wildman–Crippen LogP) is 4.03. The number of hydrogen-bond acceptors (Lipinski definition) is 4. The van der Waals surface area contributed by atoms with E-state index in [9.17, 15) is 9.59 Å². The number of primary amides is 1. The van der Waals surface area contributed by atoms with Crippen LogP contribution in [0.4, 0.5) is 0 Å². The van der Waals surface area contributed by atoms with Gasteiger partial charge in [-0.3, -0.25) is 9.59 Å². The van der Waals surface area contributed by atoms with Gasteiger partial charge < -0.3 is 15.6 Å². The number of carbonyl (C=O) groups is 2. The van der Waals surface area contributed by atoms with Crippen LogP contribution < -0.4 is 11.1 Å². The zero-order chi connectivity index (χ0) is 20.3. The van der Waals surface area contributed by atoms with Gasteiger partial charge in [0.25, 0.3) is 5.91 Å². The first-order valence-corrected chi connectivity index (χ1v) is 9.21. The van der Waals surface area contributed by atoms with Crippen molar-refractivity contribution in [3.63, 3.8) is 0 Å². The normalized spacial score (nSPS) is 10.7. The fraction of sp³-hybridized carbons (Fsp3) is 0.150. The molecule has 0 aliphatic heterocycles. The molecule has 2 aromatic carbocycles. The first-order chi connectivity index (χ1) is 13.4. The molecule has 3 rings (SSSR count). The van der Waals surface area contributed by atoms with Crippen molar-refractivity contribution in [3.8, 4) is 11.3 Å². The maximum Gasteiger partial charge on any atom is 0.257 e. The maximum atomic E-state index is 12.7. The Kier molecular flexibility index (Phi) is 6.02. The van der Waals surface area contributed by atoms with E-state index >= 15 is 0 Å². The van der Waals surface area contributed by atoms with Gasteiger partial charge in [-0.2, -0.15) is 0 Å². The number of aromatic nitrogens is 1. The topological polar surface area (TPSA) is 98.2 Å². The van der Waals surface area contributed by atoms with Crippen LogP contribution in [-0.4, -0.2) is 23.5 Å². The molecule has 28 heavy (non-hydrogen) atoms. The number of halogens is 2. The summed E-state index contributed by atoms with van der Waals surface area (Å²) in [5, 5.41) is 7.55. The number of hydrogen-bond donors (Lipinski definition) is 2. The Bertz CT molecular complexity index is 1030. The van der Waals surface area contributed by atoms with Gasteiger partial charge >= 0.3 is 0 Å². The minimum atomic E-state index is -0.493. The maximum absolute atomic E-state index is 12.7. The summed E-state index contributed by atoms with van der Waals surface area (Å²) in [4.78, 5) is 24.0. The molecule has 144 valence electrons. The van der Waals surface area contributed by atoms with Crippen LogP contribution in [0.5, 0.6) is 0 Å². The molecule has 1 heterocycles. The molecule has 0 aliphatic carbocycles. The van der Waals surface area contributed by atoms with Gasteiger partial charge in [0.05, 0.1) is 10.0 Å². The largest absolute Gasteiger partial charge is 0.366 e. The molecule has 0 atom stereocenters. The lowest BCUT2D eigenvalue weighted by Gasteiger charge is -2.08. The summed E-state index contributed by atoms with van der Waals surface area (Å²) < 4.78 is 5.21. The zero-order valence-electron chi connectivity index (χ0n) is 15.0. The lowest BCUT2D eigenvalue weighted by Crippen LogP contribution is -2.26. The van der Waals surface area contributed by atoms with E-state index in [1.54, 1.807) is 43.3 Å². The molecule has 0 bridgehead atoms. The molecule has 8 heteroatoms. The first-order valence-electron chi connectivity index (χ1n) is 8.46. The third kappa shape index (κ3) is 4.18. The molecular formula is C20H17Cl2N3O3. The van der Waals surface area contributed by atoms with Gasteiger partial charge in [-0.05, 0) is 43.2 Å². The molecule has 0 saturated heterocycles. The third-order valence-corrected chi connectivity index (χ3v) is 4.83. The number of nitrogens with two attached hydrogens (primary N) is 1. The average molecular weight is 418 g/mol. The van der Waals surface area contributed by atoms with Crippen molar-refractivity contribution in [2.75, 3.05) is 6.54 Å². The van der Waals surface area contributed by atoms with Crippen molar-refractivity contribution in [2.24, 2.45) is 5.73 Å². The van der Waals surface area contributed by atoms with Crippen molar-refractivity contribution in [2.45, 2.75) is 13.3 Å². The Balaban J connectivity index is 1.76. The minimum absolute atomic E-state index is 0.279. The lowest BCUT2D eigenvalue weighted by atomic mass is 10.0. The molecule has 0 radical (unpaired) electrons. The molecule has 0 unspecified atom stereocenters. The summed E-state index contributed by atoms with van der Waals surface area (Å²) in [6.45, 7) is 1.99. The van der Waals surface area contributed by atoms with E-state index in [-0.39, 0.29) is 11.5 Å². The summed E-state index contributed by atoms with van der Waals surface area (Å²) in [5.41, 5.74) is 7.61. The van der Waals surface area contributed by atoms with E-state index in [1.165, 1.54) is 0 Å². The number of aryl methyl sites for hydroxylation is 1. The number of carbonyl (C=O) groups excluding carboxylic acids is 2. The minimum Gasteiger partial charge on any atom is -0.366 e. The van der Waals surface area contributed by atoms with Gasteiger partial charge in [0.15, 0.2) is 0 Å². The molecule has 6 nitrogen and oxygen atoms in total. The standard InChI is InChI=1S/C20H17Cl2N3O3/c1-11-16(18(25-28-11)17-14(21)6-3-7-15(17)22)20(27)24-9-8-12-4-2-5-13(10-12)19(23)26/h2-7,10H,8-9H2,1H3,(H2,23,26)(H,24,27). The van der Waals surface area contributed by atoms with E-state index in [1.807, 2.05) is 6.07 Å². The first kappa shape index (κ1) is 19.9. The van der Waals surface area contributed by atoms with Crippen molar-refractivity contribution >= 4 is 35.0 Å². The fourth-order valence-electron chi connectivity index (χ4n) is 2.82. The van der Waals surface area contributed by atoms with Crippen molar-refractivity contribution in [3.05, 3.63) is 75.0 Å². The number of nitrogens with one attached hydrogen (secondary N) is 1. The molecule has 0 spiro atoms. The van der Waals surface area contributed by atoms with Crippen LogP contribution in [0.3, 0.4) is 0 Å². The Morgan fingerprint density at radius 3 is 2.50 bits per heavy atom. The molecule has 0 saturated carbocycles. The highest BCUT2D eigenvalue weighted by atomic mass is 35.5. The van der Waals surface area contributed by atoms with Gasteiger partial charge in [-0.15, -0.1) is 0 Å². The molecule has 0 fully saturated rings. The van der Waals surface area contributed by atoms with Crippen LogP contribution in [-0.2, 0) is 6.42 Å². The van der Waals surface area contributed by atoms with E-state index in [0.717, 1.165) is 5.56 Å². The van der Waals surface area contributed by atoms with Crippen molar-refractivity contribution < 1.29 is 14.1 Å². The van der Waals surface area contributed by atoms with Crippen molar-refractivity contribution in [1.82, 2.24) is 10.5 Å². The quantitative estimate of drug-likeness (QED) is 0.632. The van der Waals surface area contributed by atoms with Gasteiger partial charge in [-0.25, -0.2) is 0 Å². The SMILES string of the molecule is Cc1onc(-c2c(Cl)cccc2Cl)c1C(=O)NCCc1cccc(C(N)=O)c1. The summed E-state index contributed by atoms with van der Waals surface area (Å²) in [6.07, 6.45) is 0.527. The Hall–Kier alpha value is -2.83. The molecule has 0 aliphatic rings. The van der Waals surface area contributed by atoms with Gasteiger partial charge in [0.1, 0.15) is 17.0 Å². The molecule has 3 N–H and O–H groups in total. The number of rotatable bonds is 6. The summed E-state index contributed by atoms with van der Waals surface area (Å²) in [6, 6.07) is 12.0. The third-order valence-electron chi connectivity index (χ3n) is 4.20. The lowest BCUT2D eigenvalue weighted by molar-refractivity contribution is 0.0951. The monoisotopic (exact) mass is 417 g/mol. The van der Waals surface area contributed by atoms with Gasteiger partial charge in [0, 0.05) is 17.7 Å². The van der Waals surface area contributed by atoms with E-state index in [4.69, 9.17) is 33.5 Å². The average Bonchev–Trinajstić information content (AvgIpc) is 3.03. The Morgan fingerprint density at radius 1 is 1.14 bits per heavy atom. The molecular weight excluding hydrogens is 401 g/mol. The number of amides is 2. The highest BCUT2D eigenvalue weighted by molar-refractivity contribution is 6.39. The second-order valence-electron chi connectivity index (χ2n) is 6.13. The van der Waals surface area contributed by atoms with E-state index in [2.05, 4.69) is 10.5 Å². The fourth-order valence-corrected chi connectivity index (χ4v) is 3.40. The van der Waals surface area contributed by atoms with Crippen LogP contribution in [0, 0.1) is 6.92 Å². The Labute approximate surface area is 171 Å². The summed E-state index contributed by atoms with van der Waals surface area (Å²) in [5.74, 6) is -0.484. The number of nitrogens with zero attached hydrogens (tertiary/aromatic N) is 1. The van der Waals surface area contributed by atoms with Gasteiger partial charge in [-0.1, -0.05) is 46.6 Å². The van der Waals surface area contributed by atoms with E-state index < -0.39 is 5.91 Å². The van der Waals surface area contributed by atoms with Crippen LogP contribution in [0.2, 0.25) is 10.0 Å². The van der Waals surface area contributed by atoms with Crippen LogP contribution in [0.25, 0.3) is 11.3 Å². The van der Waals surface area contributed by atoms with Crippen LogP contribution >= 0.6 is 23.2 Å². The Morgan fingerprint density at radius 2 is 1.82 bits per heavy atom. The molecule has 1 aromatic heterocycles. The second-order valence-corrected chi connectivity index (χ2v) is 6.94. The second kappa shape index (κ2) is 8.46. The van der Waals surface area contributed by atoms with Gasteiger partial charge in [0.2, 0.25) is 5.91 Å². The summed E-state index contributed by atoms with van der Waals surface area (Å²) in [7, 11) is 0. The zero-order valence-corrected chi connectivity index (χ0v) is 16.5. The molecule has 3 aromatic rings. The van der Waals surface area contributed by atoms with E-state index in [0.29, 0.717) is 45.6 Å². The summed E-state index contributed by atoms with van der Waals surface area (Å²) >= 11 is 12.5. The van der Waals surface area contributed by atoms with Crippen molar-refractivity contribution in [1.29, 1.82) is 0 Å². The highest BCUT2D eigenvalue weighted by Crippen LogP contribution is 2.36. The highest BCUT2D eigenvalue weighted by Gasteiger charge is 2.24. The van der Waals surface area contributed by atoms with Crippen LogP contribution in [0.1, 0.15) is 32.0 Å². The van der Waals surface area contributed by atoms with Crippen LogP contribution in [0.15, 0.2) is 47.0 Å². The smallest absolute Gasteiger partial charge is 0.257 e. The molecule has 2 amide bonds.